The number of rotatable bonds is 3. The lowest BCUT2D eigenvalue weighted by atomic mass is 10.1. The van der Waals surface area contributed by atoms with Crippen molar-refractivity contribution in [3.63, 3.8) is 0 Å². The first-order valence-corrected chi connectivity index (χ1v) is 6.78. The highest BCUT2D eigenvalue weighted by Gasteiger charge is 2.24. The minimum atomic E-state index is 0.626. The Kier molecular flexibility index (Phi) is 3.44. The number of nitrogens with zero attached hydrogens (tertiary/aromatic N) is 2. The second-order valence-electron chi connectivity index (χ2n) is 4.90. The van der Waals surface area contributed by atoms with Gasteiger partial charge in [-0.2, -0.15) is 0 Å². The van der Waals surface area contributed by atoms with Gasteiger partial charge < -0.3 is 9.15 Å². The molecular formula is C17H17N2O2+. The molecule has 1 heterocycles. The lowest BCUT2D eigenvalue weighted by Crippen LogP contribution is -2.34. The lowest BCUT2D eigenvalue weighted by molar-refractivity contribution is -0.648. The predicted molar refractivity (Wildman–Crippen MR) is 79.5 cm³/mol. The number of hydrogen-bond donors (Lipinski definition) is 0. The van der Waals surface area contributed by atoms with Crippen LogP contribution in [0.2, 0.25) is 0 Å². The third-order valence-electron chi connectivity index (χ3n) is 3.29. The van der Waals surface area contributed by atoms with E-state index in [0.717, 1.165) is 22.9 Å². The van der Waals surface area contributed by atoms with Crippen molar-refractivity contribution in [2.75, 3.05) is 7.11 Å². The van der Waals surface area contributed by atoms with E-state index in [9.17, 15) is 0 Å². The smallest absolute Gasteiger partial charge is 0.413 e. The van der Waals surface area contributed by atoms with Crippen LogP contribution in [0.1, 0.15) is 11.5 Å². The van der Waals surface area contributed by atoms with E-state index in [0.29, 0.717) is 5.89 Å². The molecule has 106 valence electrons. The van der Waals surface area contributed by atoms with Crippen molar-refractivity contribution in [3.8, 4) is 22.9 Å². The van der Waals surface area contributed by atoms with Crippen LogP contribution in [0.5, 0.6) is 5.75 Å². The maximum atomic E-state index is 5.77. The van der Waals surface area contributed by atoms with Gasteiger partial charge in [0.1, 0.15) is 5.75 Å². The molecule has 0 aliphatic heterocycles. The molecule has 3 aromatic rings. The highest BCUT2D eigenvalue weighted by Crippen LogP contribution is 2.19. The van der Waals surface area contributed by atoms with Gasteiger partial charge in [0.25, 0.3) is 5.89 Å². The normalized spacial score (nSPS) is 10.6. The van der Waals surface area contributed by atoms with Crippen LogP contribution in [0.4, 0.5) is 0 Å². The van der Waals surface area contributed by atoms with Crippen LogP contribution in [0, 0.1) is 13.8 Å². The van der Waals surface area contributed by atoms with Crippen molar-refractivity contribution in [3.05, 3.63) is 60.0 Å². The minimum absolute atomic E-state index is 0.626. The molecule has 0 N–H and O–H groups in total. The van der Waals surface area contributed by atoms with Gasteiger partial charge in [-0.3, -0.25) is 0 Å². The van der Waals surface area contributed by atoms with E-state index in [1.807, 2.05) is 43.3 Å². The second-order valence-corrected chi connectivity index (χ2v) is 4.90. The van der Waals surface area contributed by atoms with Crippen LogP contribution < -0.4 is 9.42 Å². The van der Waals surface area contributed by atoms with E-state index in [-0.39, 0.29) is 0 Å². The van der Waals surface area contributed by atoms with Gasteiger partial charge in [0, 0.05) is 24.2 Å². The third-order valence-corrected chi connectivity index (χ3v) is 3.29. The molecule has 0 amide bonds. The molecule has 0 bridgehead atoms. The summed E-state index contributed by atoms with van der Waals surface area (Å²) in [6, 6.07) is 15.9. The first-order valence-electron chi connectivity index (χ1n) is 6.78. The van der Waals surface area contributed by atoms with Crippen molar-refractivity contribution in [1.82, 2.24) is 5.10 Å². The Hall–Kier alpha value is -2.62. The first-order chi connectivity index (χ1) is 10.2. The molecule has 3 rings (SSSR count). The van der Waals surface area contributed by atoms with Gasteiger partial charge in [0.15, 0.2) is 0 Å². The highest BCUT2D eigenvalue weighted by molar-refractivity contribution is 5.51. The summed E-state index contributed by atoms with van der Waals surface area (Å²) in [5.41, 5.74) is 3.14. The largest absolute Gasteiger partial charge is 0.497 e. The maximum Gasteiger partial charge on any atom is 0.413 e. The van der Waals surface area contributed by atoms with E-state index in [2.05, 4.69) is 24.2 Å². The minimum Gasteiger partial charge on any atom is -0.497 e. The van der Waals surface area contributed by atoms with Crippen LogP contribution in [0.3, 0.4) is 0 Å². The number of benzene rings is 2. The first kappa shape index (κ1) is 13.4. The fraction of sp³-hybridized carbons (Fsp3) is 0.176. The van der Waals surface area contributed by atoms with Crippen LogP contribution in [0.25, 0.3) is 17.1 Å². The summed E-state index contributed by atoms with van der Waals surface area (Å²) < 4.78 is 12.8. The molecule has 0 radical (unpaired) electrons. The van der Waals surface area contributed by atoms with E-state index in [1.165, 1.54) is 5.56 Å². The molecule has 2 aromatic carbocycles. The van der Waals surface area contributed by atoms with Crippen LogP contribution in [-0.4, -0.2) is 12.2 Å². The monoisotopic (exact) mass is 281 g/mol. The predicted octanol–water partition coefficient (Wildman–Crippen LogP) is 3.24. The van der Waals surface area contributed by atoms with Gasteiger partial charge in [0.05, 0.1) is 12.7 Å². The Bertz CT molecular complexity index is 743. The second kappa shape index (κ2) is 5.40. The molecule has 1 aromatic heterocycles. The number of aryl methyl sites for hydroxylation is 2. The molecule has 0 fully saturated rings. The third kappa shape index (κ3) is 2.65. The maximum absolute atomic E-state index is 5.77. The Morgan fingerprint density at radius 2 is 1.62 bits per heavy atom. The van der Waals surface area contributed by atoms with E-state index in [4.69, 9.17) is 9.15 Å². The zero-order valence-corrected chi connectivity index (χ0v) is 12.3. The van der Waals surface area contributed by atoms with Crippen LogP contribution in [0.15, 0.2) is 52.9 Å². The Morgan fingerprint density at radius 1 is 0.952 bits per heavy atom. The van der Waals surface area contributed by atoms with E-state index < -0.39 is 0 Å². The van der Waals surface area contributed by atoms with Gasteiger partial charge in [-0.25, -0.2) is 0 Å². The fourth-order valence-electron chi connectivity index (χ4n) is 2.17. The number of methoxy groups -OCH3 is 1. The van der Waals surface area contributed by atoms with Gasteiger partial charge in [-0.1, -0.05) is 17.7 Å². The fourth-order valence-corrected chi connectivity index (χ4v) is 2.17. The summed E-state index contributed by atoms with van der Waals surface area (Å²) in [7, 11) is 1.65. The summed E-state index contributed by atoms with van der Waals surface area (Å²) in [6.07, 6.45) is 0. The molecule has 0 aliphatic carbocycles. The molecule has 4 nitrogen and oxygen atoms in total. The van der Waals surface area contributed by atoms with Gasteiger partial charge >= 0.3 is 5.89 Å². The van der Waals surface area contributed by atoms with Gasteiger partial charge in [0.2, 0.25) is 5.69 Å². The Labute approximate surface area is 123 Å². The summed E-state index contributed by atoms with van der Waals surface area (Å²) in [4.78, 5) is 0. The summed E-state index contributed by atoms with van der Waals surface area (Å²) in [5, 5.41) is 4.44. The molecule has 0 saturated carbocycles. The summed E-state index contributed by atoms with van der Waals surface area (Å²) in [6.45, 7) is 3.91. The van der Waals surface area contributed by atoms with Crippen LogP contribution in [-0.2, 0) is 0 Å². The van der Waals surface area contributed by atoms with Crippen molar-refractivity contribution < 1.29 is 13.8 Å². The van der Waals surface area contributed by atoms with E-state index >= 15 is 0 Å². The van der Waals surface area contributed by atoms with Gasteiger partial charge in [-0.15, -0.1) is 0 Å². The van der Waals surface area contributed by atoms with Crippen LogP contribution >= 0.6 is 0 Å². The number of ether oxygens (including phenoxy) is 1. The number of aromatic nitrogens is 2. The van der Waals surface area contributed by atoms with E-state index in [1.54, 1.807) is 11.8 Å². The molecular weight excluding hydrogens is 264 g/mol. The molecule has 0 spiro atoms. The average molecular weight is 281 g/mol. The Balaban J connectivity index is 2.08. The number of hydrogen-bond acceptors (Lipinski definition) is 3. The standard InChI is InChI=1S/C17H17N2O2/c1-12-4-6-14(7-5-12)17-19(18-13(2)21-17)15-8-10-16(20-3)11-9-15/h4-11H,1-3H3/q+1. The van der Waals surface area contributed by atoms with Crippen molar-refractivity contribution in [2.24, 2.45) is 0 Å². The molecule has 0 aliphatic rings. The molecule has 0 unspecified atom stereocenters. The molecule has 21 heavy (non-hydrogen) atoms. The highest BCUT2D eigenvalue weighted by atomic mass is 16.5. The quantitative estimate of drug-likeness (QED) is 0.692. The molecule has 0 atom stereocenters. The summed E-state index contributed by atoms with van der Waals surface area (Å²) in [5.74, 6) is 2.16. The van der Waals surface area contributed by atoms with Crippen molar-refractivity contribution in [1.29, 1.82) is 0 Å². The SMILES string of the molecule is COc1ccc(-[n+]2nc(C)oc2-c2ccc(C)cc2)cc1. The zero-order valence-electron chi connectivity index (χ0n) is 12.3. The van der Waals surface area contributed by atoms with Crippen molar-refractivity contribution >= 4 is 0 Å². The molecule has 0 saturated heterocycles. The topological polar surface area (TPSA) is 39.1 Å². The molecule has 4 heteroatoms. The van der Waals surface area contributed by atoms with Crippen molar-refractivity contribution in [2.45, 2.75) is 13.8 Å². The lowest BCUT2D eigenvalue weighted by Gasteiger charge is -1.98. The Morgan fingerprint density at radius 3 is 2.24 bits per heavy atom. The zero-order chi connectivity index (χ0) is 14.8. The van der Waals surface area contributed by atoms with Gasteiger partial charge in [-0.05, 0) is 35.9 Å². The summed E-state index contributed by atoms with van der Waals surface area (Å²) >= 11 is 0. The average Bonchev–Trinajstić information content (AvgIpc) is 2.90.